The van der Waals surface area contributed by atoms with Gasteiger partial charge in [0, 0.05) is 13.0 Å². The highest BCUT2D eigenvalue weighted by atomic mass is 16.4. The summed E-state index contributed by atoms with van der Waals surface area (Å²) in [6, 6.07) is -3.48. The first-order chi connectivity index (χ1) is 11.1. The molecule has 0 aromatic rings. The number of amides is 2. The fraction of sp³-hybridized carbons (Fsp3) is 0.714. The number of rotatable bonds is 8. The number of aliphatic hydroxyl groups excluding tert-OH is 1. The summed E-state index contributed by atoms with van der Waals surface area (Å²) in [4.78, 5) is 47.6. The number of nitrogens with zero attached hydrogens (tertiary/aromatic N) is 1. The molecule has 1 saturated heterocycles. The van der Waals surface area contributed by atoms with Crippen molar-refractivity contribution in [1.82, 2.24) is 10.2 Å². The zero-order valence-electron chi connectivity index (χ0n) is 13.3. The van der Waals surface area contributed by atoms with Crippen LogP contribution in [0.5, 0.6) is 0 Å². The number of nitrogens with two attached hydrogens (primary N) is 1. The molecule has 0 saturated carbocycles. The molecule has 6 N–H and O–H groups in total. The Kier molecular flexibility index (Phi) is 7.11. The highest BCUT2D eigenvalue weighted by Crippen LogP contribution is 2.19. The van der Waals surface area contributed by atoms with Gasteiger partial charge in [-0.1, -0.05) is 0 Å². The standard InChI is InChI=1S/C14H23N3O7/c1-7(18)11(15)12(21)16-8(4-5-10(19)20)13(22)17-6-2-3-9(17)14(23)24/h7-9,11,18H,2-6,15H2,1H3,(H,16,21)(H,19,20)(H,23,24)/t7-,8+,9-,11+/m1/s1. The third-order valence-electron chi connectivity index (χ3n) is 3.90. The van der Waals surface area contributed by atoms with Gasteiger partial charge >= 0.3 is 11.9 Å². The summed E-state index contributed by atoms with van der Waals surface area (Å²) in [6.45, 7) is 1.52. The molecule has 0 aliphatic carbocycles. The largest absolute Gasteiger partial charge is 0.481 e. The molecule has 0 bridgehead atoms. The van der Waals surface area contributed by atoms with E-state index in [4.69, 9.17) is 15.9 Å². The third kappa shape index (κ3) is 5.17. The van der Waals surface area contributed by atoms with Gasteiger partial charge in [-0.05, 0) is 26.2 Å². The summed E-state index contributed by atoms with van der Waals surface area (Å²) in [5, 5.41) is 29.6. The Morgan fingerprint density at radius 2 is 1.92 bits per heavy atom. The van der Waals surface area contributed by atoms with Gasteiger partial charge < -0.3 is 31.3 Å². The molecular weight excluding hydrogens is 322 g/mol. The average molecular weight is 345 g/mol. The lowest BCUT2D eigenvalue weighted by molar-refractivity contribution is -0.150. The number of nitrogens with one attached hydrogen (secondary N) is 1. The van der Waals surface area contributed by atoms with Gasteiger partial charge in [-0.2, -0.15) is 0 Å². The van der Waals surface area contributed by atoms with E-state index in [0.717, 1.165) is 4.90 Å². The summed E-state index contributed by atoms with van der Waals surface area (Å²) in [5.41, 5.74) is 5.50. The number of aliphatic carboxylic acids is 2. The highest BCUT2D eigenvalue weighted by Gasteiger charge is 2.38. The molecule has 0 aromatic heterocycles. The SMILES string of the molecule is C[C@@H](O)[C@H](N)C(=O)N[C@@H](CCC(=O)O)C(=O)N1CCC[C@@H]1C(=O)O. The molecule has 24 heavy (non-hydrogen) atoms. The van der Waals surface area contributed by atoms with Crippen molar-refractivity contribution in [2.24, 2.45) is 5.73 Å². The number of hydrogen-bond donors (Lipinski definition) is 5. The Labute approximate surface area is 138 Å². The number of carboxylic acid groups (broad SMARTS) is 2. The van der Waals surface area contributed by atoms with Gasteiger partial charge in [0.05, 0.1) is 6.10 Å². The van der Waals surface area contributed by atoms with E-state index >= 15 is 0 Å². The number of hydrogen-bond acceptors (Lipinski definition) is 6. The van der Waals surface area contributed by atoms with Crippen LogP contribution in [0.1, 0.15) is 32.6 Å². The molecule has 1 rings (SSSR count). The Hall–Kier alpha value is -2.20. The molecule has 10 heteroatoms. The van der Waals surface area contributed by atoms with Crippen molar-refractivity contribution < 1.29 is 34.5 Å². The minimum absolute atomic E-state index is 0.199. The predicted molar refractivity (Wildman–Crippen MR) is 80.8 cm³/mol. The van der Waals surface area contributed by atoms with Crippen LogP contribution in [0.25, 0.3) is 0 Å². The zero-order valence-corrected chi connectivity index (χ0v) is 13.3. The van der Waals surface area contributed by atoms with Crippen molar-refractivity contribution in [1.29, 1.82) is 0 Å². The van der Waals surface area contributed by atoms with E-state index in [2.05, 4.69) is 5.32 Å². The highest BCUT2D eigenvalue weighted by molar-refractivity contribution is 5.92. The molecule has 1 heterocycles. The van der Waals surface area contributed by atoms with Crippen LogP contribution in [-0.2, 0) is 19.2 Å². The average Bonchev–Trinajstić information content (AvgIpc) is 2.99. The van der Waals surface area contributed by atoms with E-state index < -0.39 is 48.0 Å². The van der Waals surface area contributed by atoms with E-state index in [1.807, 2.05) is 0 Å². The number of carbonyl (C=O) groups excluding carboxylic acids is 2. The van der Waals surface area contributed by atoms with E-state index in [9.17, 15) is 24.3 Å². The number of carboxylic acids is 2. The lowest BCUT2D eigenvalue weighted by Crippen LogP contribution is -2.56. The molecule has 1 aliphatic heterocycles. The first-order valence-corrected chi connectivity index (χ1v) is 7.64. The fourth-order valence-corrected chi connectivity index (χ4v) is 2.50. The van der Waals surface area contributed by atoms with Gasteiger partial charge in [-0.25, -0.2) is 4.79 Å². The minimum Gasteiger partial charge on any atom is -0.481 e. The number of aliphatic hydroxyl groups is 1. The second-order valence-corrected chi connectivity index (χ2v) is 5.79. The molecule has 0 spiro atoms. The normalized spacial score (nSPS) is 21.0. The van der Waals surface area contributed by atoms with E-state index in [1.165, 1.54) is 6.92 Å². The van der Waals surface area contributed by atoms with Gasteiger partial charge in [0.15, 0.2) is 0 Å². The molecule has 0 unspecified atom stereocenters. The minimum atomic E-state index is -1.28. The van der Waals surface area contributed by atoms with Crippen LogP contribution in [0, 0.1) is 0 Å². The second kappa shape index (κ2) is 8.60. The van der Waals surface area contributed by atoms with Crippen molar-refractivity contribution in [3.8, 4) is 0 Å². The Morgan fingerprint density at radius 3 is 2.42 bits per heavy atom. The van der Waals surface area contributed by atoms with Gasteiger partial charge in [-0.15, -0.1) is 0 Å². The summed E-state index contributed by atoms with van der Waals surface area (Å²) < 4.78 is 0. The molecule has 10 nitrogen and oxygen atoms in total. The first kappa shape index (κ1) is 19.8. The van der Waals surface area contributed by atoms with Crippen molar-refractivity contribution in [3.05, 3.63) is 0 Å². The van der Waals surface area contributed by atoms with Gasteiger partial charge in [-0.3, -0.25) is 14.4 Å². The Balaban J connectivity index is 2.87. The number of likely N-dealkylation sites (tertiary alicyclic amines) is 1. The van der Waals surface area contributed by atoms with Crippen LogP contribution in [-0.4, -0.2) is 74.7 Å². The van der Waals surface area contributed by atoms with E-state index in [0.29, 0.717) is 12.8 Å². The zero-order chi connectivity index (χ0) is 18.4. The predicted octanol–water partition coefficient (Wildman–Crippen LogP) is -1.88. The lowest BCUT2D eigenvalue weighted by atomic mass is 10.1. The monoisotopic (exact) mass is 345 g/mol. The van der Waals surface area contributed by atoms with Crippen molar-refractivity contribution >= 4 is 23.8 Å². The van der Waals surface area contributed by atoms with Gasteiger partial charge in [0.1, 0.15) is 18.1 Å². The molecule has 136 valence electrons. The number of carbonyl (C=O) groups is 4. The fourth-order valence-electron chi connectivity index (χ4n) is 2.50. The molecular formula is C14H23N3O7. The van der Waals surface area contributed by atoms with Crippen LogP contribution in [0.15, 0.2) is 0 Å². The second-order valence-electron chi connectivity index (χ2n) is 5.79. The van der Waals surface area contributed by atoms with Crippen LogP contribution >= 0.6 is 0 Å². The molecule has 1 aliphatic rings. The van der Waals surface area contributed by atoms with Gasteiger partial charge in [0.25, 0.3) is 0 Å². The maximum Gasteiger partial charge on any atom is 0.326 e. The summed E-state index contributed by atoms with van der Waals surface area (Å²) >= 11 is 0. The maximum absolute atomic E-state index is 12.6. The van der Waals surface area contributed by atoms with Crippen LogP contribution in [0.4, 0.5) is 0 Å². The summed E-state index contributed by atoms with van der Waals surface area (Å²) in [7, 11) is 0. The topological polar surface area (TPSA) is 170 Å². The van der Waals surface area contributed by atoms with E-state index in [-0.39, 0.29) is 19.4 Å². The van der Waals surface area contributed by atoms with Gasteiger partial charge in [0.2, 0.25) is 11.8 Å². The maximum atomic E-state index is 12.6. The molecule has 0 aromatic carbocycles. The molecule has 2 amide bonds. The van der Waals surface area contributed by atoms with Crippen molar-refractivity contribution in [2.45, 2.75) is 56.8 Å². The van der Waals surface area contributed by atoms with Crippen LogP contribution in [0.2, 0.25) is 0 Å². The summed E-state index contributed by atoms with van der Waals surface area (Å²) in [5.74, 6) is -3.77. The molecule has 4 atom stereocenters. The first-order valence-electron chi connectivity index (χ1n) is 7.64. The quantitative estimate of drug-likeness (QED) is 0.340. The lowest BCUT2D eigenvalue weighted by Gasteiger charge is -2.28. The van der Waals surface area contributed by atoms with E-state index in [1.54, 1.807) is 0 Å². The van der Waals surface area contributed by atoms with Crippen LogP contribution < -0.4 is 11.1 Å². The summed E-state index contributed by atoms with van der Waals surface area (Å²) in [6.07, 6.45) is -0.927. The molecule has 1 fully saturated rings. The smallest absolute Gasteiger partial charge is 0.326 e. The van der Waals surface area contributed by atoms with Crippen LogP contribution in [0.3, 0.4) is 0 Å². The Bertz CT molecular complexity index is 509. The van der Waals surface area contributed by atoms with Crippen molar-refractivity contribution in [3.63, 3.8) is 0 Å². The third-order valence-corrected chi connectivity index (χ3v) is 3.90. The Morgan fingerprint density at radius 1 is 1.29 bits per heavy atom. The van der Waals surface area contributed by atoms with Crippen molar-refractivity contribution in [2.75, 3.05) is 6.54 Å². The molecule has 0 radical (unpaired) electrons.